The zero-order valence-corrected chi connectivity index (χ0v) is 10.7. The lowest BCUT2D eigenvalue weighted by Gasteiger charge is -2.35. The summed E-state index contributed by atoms with van der Waals surface area (Å²) in [7, 11) is 0. The van der Waals surface area contributed by atoms with Crippen molar-refractivity contribution in [3.63, 3.8) is 0 Å². The van der Waals surface area contributed by atoms with Gasteiger partial charge in [0, 0.05) is 23.5 Å². The molecule has 2 nitrogen and oxygen atoms in total. The number of anilines is 1. The fourth-order valence-electron chi connectivity index (χ4n) is 2.68. The second-order valence-electron chi connectivity index (χ2n) is 5.11. The highest BCUT2D eigenvalue weighted by Gasteiger charge is 2.28. The Morgan fingerprint density at radius 2 is 2.12 bits per heavy atom. The first-order valence-electron chi connectivity index (χ1n) is 6.36. The Bertz CT molecular complexity index is 454. The Balaban J connectivity index is 1.89. The van der Waals surface area contributed by atoms with Gasteiger partial charge in [-0.1, -0.05) is 6.42 Å². The predicted molar refractivity (Wildman–Crippen MR) is 71.7 cm³/mol. The van der Waals surface area contributed by atoms with Gasteiger partial charge in [0.2, 0.25) is 5.91 Å². The Labute approximate surface area is 107 Å². The van der Waals surface area contributed by atoms with E-state index < -0.39 is 0 Å². The number of benzene rings is 1. The zero-order valence-electron chi connectivity index (χ0n) is 9.85. The molecule has 1 aromatic carbocycles. The Morgan fingerprint density at radius 3 is 2.82 bits per heavy atom. The molecular weight excluding hydrogens is 230 g/mol. The third-order valence-corrected chi connectivity index (χ3v) is 4.21. The molecule has 1 fully saturated rings. The molecule has 3 rings (SSSR count). The Kier molecular flexibility index (Phi) is 2.87. The van der Waals surface area contributed by atoms with Crippen LogP contribution >= 0.6 is 12.6 Å². The minimum absolute atomic E-state index is 0.288. The number of carbonyl (C=O) groups is 1. The van der Waals surface area contributed by atoms with E-state index in [-0.39, 0.29) is 5.91 Å². The first-order chi connectivity index (χ1) is 8.24. The van der Waals surface area contributed by atoms with Crippen LogP contribution in [-0.2, 0) is 11.2 Å². The van der Waals surface area contributed by atoms with Crippen LogP contribution in [0.3, 0.4) is 0 Å². The lowest BCUT2D eigenvalue weighted by Crippen LogP contribution is -2.40. The van der Waals surface area contributed by atoms with Gasteiger partial charge in [-0.2, -0.15) is 0 Å². The molecule has 0 atom stereocenters. The van der Waals surface area contributed by atoms with Crippen LogP contribution in [0.2, 0.25) is 0 Å². The summed E-state index contributed by atoms with van der Waals surface area (Å²) in [5, 5.41) is 0. The summed E-state index contributed by atoms with van der Waals surface area (Å²) in [4.78, 5) is 15.0. The third-order valence-electron chi connectivity index (χ3n) is 3.93. The van der Waals surface area contributed by atoms with Crippen LogP contribution in [0.25, 0.3) is 0 Å². The van der Waals surface area contributed by atoms with Crippen molar-refractivity contribution in [3.8, 4) is 0 Å². The zero-order chi connectivity index (χ0) is 11.8. The fourth-order valence-corrected chi connectivity index (χ4v) is 2.91. The molecule has 1 amide bonds. The average Bonchev–Trinajstić information content (AvgIpc) is 2.25. The van der Waals surface area contributed by atoms with Crippen LogP contribution in [0, 0.1) is 5.92 Å². The SMILES string of the molecule is O=C1CCc2cc(S)ccc2N1CC1CCC1. The third kappa shape index (κ3) is 2.08. The summed E-state index contributed by atoms with van der Waals surface area (Å²) in [5.41, 5.74) is 2.39. The molecule has 1 aromatic rings. The fraction of sp³-hybridized carbons (Fsp3) is 0.500. The van der Waals surface area contributed by atoms with Crippen LogP contribution < -0.4 is 4.90 Å². The van der Waals surface area contributed by atoms with Crippen LogP contribution in [0.4, 0.5) is 5.69 Å². The van der Waals surface area contributed by atoms with Gasteiger partial charge in [0.15, 0.2) is 0 Å². The summed E-state index contributed by atoms with van der Waals surface area (Å²) in [6.45, 7) is 0.914. The number of amides is 1. The topological polar surface area (TPSA) is 20.3 Å². The van der Waals surface area contributed by atoms with Gasteiger partial charge >= 0.3 is 0 Å². The number of rotatable bonds is 2. The maximum Gasteiger partial charge on any atom is 0.227 e. The first kappa shape index (κ1) is 11.1. The number of nitrogens with zero attached hydrogens (tertiary/aromatic N) is 1. The van der Waals surface area contributed by atoms with E-state index in [1.54, 1.807) is 0 Å². The maximum atomic E-state index is 12.0. The van der Waals surface area contributed by atoms with Crippen LogP contribution in [-0.4, -0.2) is 12.5 Å². The van der Waals surface area contributed by atoms with Crippen molar-refractivity contribution in [2.75, 3.05) is 11.4 Å². The van der Waals surface area contributed by atoms with Gasteiger partial charge in [-0.15, -0.1) is 12.6 Å². The van der Waals surface area contributed by atoms with E-state index in [2.05, 4.69) is 18.7 Å². The second-order valence-corrected chi connectivity index (χ2v) is 5.63. The van der Waals surface area contributed by atoms with Crippen LogP contribution in [0.15, 0.2) is 23.1 Å². The minimum atomic E-state index is 0.288. The number of hydrogen-bond acceptors (Lipinski definition) is 2. The number of thiol groups is 1. The van der Waals surface area contributed by atoms with Gasteiger partial charge in [0.1, 0.15) is 0 Å². The van der Waals surface area contributed by atoms with E-state index in [0.29, 0.717) is 6.42 Å². The van der Waals surface area contributed by atoms with E-state index in [4.69, 9.17) is 0 Å². The number of hydrogen-bond donors (Lipinski definition) is 1. The van der Waals surface area contributed by atoms with E-state index in [1.165, 1.54) is 24.8 Å². The van der Waals surface area contributed by atoms with Crippen molar-refractivity contribution >= 4 is 24.2 Å². The highest BCUT2D eigenvalue weighted by Crippen LogP contribution is 2.34. The number of carbonyl (C=O) groups excluding carboxylic acids is 1. The molecule has 0 unspecified atom stereocenters. The van der Waals surface area contributed by atoms with Crippen molar-refractivity contribution in [3.05, 3.63) is 23.8 Å². The standard InChI is InChI=1S/C14H17NOS/c16-14-7-4-11-8-12(17)5-6-13(11)15(14)9-10-2-1-3-10/h5-6,8,10,17H,1-4,7,9H2. The number of aryl methyl sites for hydroxylation is 1. The monoisotopic (exact) mass is 247 g/mol. The molecule has 1 heterocycles. The molecule has 0 N–H and O–H groups in total. The summed E-state index contributed by atoms with van der Waals surface area (Å²) < 4.78 is 0. The van der Waals surface area contributed by atoms with Gasteiger partial charge < -0.3 is 4.90 Å². The molecule has 2 aliphatic rings. The van der Waals surface area contributed by atoms with E-state index in [9.17, 15) is 4.79 Å². The Morgan fingerprint density at radius 1 is 1.29 bits per heavy atom. The van der Waals surface area contributed by atoms with Gasteiger partial charge in [-0.05, 0) is 48.9 Å². The van der Waals surface area contributed by atoms with E-state index in [1.807, 2.05) is 17.0 Å². The quantitative estimate of drug-likeness (QED) is 0.796. The summed E-state index contributed by atoms with van der Waals surface area (Å²) >= 11 is 4.37. The summed E-state index contributed by atoms with van der Waals surface area (Å²) in [6, 6.07) is 6.13. The van der Waals surface area contributed by atoms with Crippen LogP contribution in [0.5, 0.6) is 0 Å². The van der Waals surface area contributed by atoms with Gasteiger partial charge in [-0.3, -0.25) is 4.79 Å². The van der Waals surface area contributed by atoms with Crippen LogP contribution in [0.1, 0.15) is 31.2 Å². The molecular formula is C14H17NOS. The molecule has 17 heavy (non-hydrogen) atoms. The average molecular weight is 247 g/mol. The molecule has 0 radical (unpaired) electrons. The van der Waals surface area contributed by atoms with E-state index in [0.717, 1.165) is 29.5 Å². The molecule has 0 spiro atoms. The first-order valence-corrected chi connectivity index (χ1v) is 6.81. The van der Waals surface area contributed by atoms with Crippen molar-refractivity contribution in [2.45, 2.75) is 37.0 Å². The Hall–Kier alpha value is -0.960. The molecule has 1 aliphatic carbocycles. The van der Waals surface area contributed by atoms with Gasteiger partial charge in [0.05, 0.1) is 0 Å². The predicted octanol–water partition coefficient (Wildman–Crippen LogP) is 3.05. The molecule has 1 saturated carbocycles. The lowest BCUT2D eigenvalue weighted by molar-refractivity contribution is -0.119. The molecule has 3 heteroatoms. The van der Waals surface area contributed by atoms with E-state index >= 15 is 0 Å². The van der Waals surface area contributed by atoms with Crippen molar-refractivity contribution in [2.24, 2.45) is 5.92 Å². The van der Waals surface area contributed by atoms with Crippen molar-refractivity contribution in [1.82, 2.24) is 0 Å². The normalized spacial score (nSPS) is 20.1. The molecule has 0 bridgehead atoms. The highest BCUT2D eigenvalue weighted by atomic mass is 32.1. The van der Waals surface area contributed by atoms with Crippen molar-refractivity contribution < 1.29 is 4.79 Å². The molecule has 90 valence electrons. The maximum absolute atomic E-state index is 12.0. The van der Waals surface area contributed by atoms with Gasteiger partial charge in [-0.25, -0.2) is 0 Å². The second kappa shape index (κ2) is 4.37. The molecule has 0 saturated heterocycles. The number of fused-ring (bicyclic) bond motifs is 1. The molecule has 0 aromatic heterocycles. The van der Waals surface area contributed by atoms with Crippen molar-refractivity contribution in [1.29, 1.82) is 0 Å². The largest absolute Gasteiger partial charge is 0.312 e. The minimum Gasteiger partial charge on any atom is -0.312 e. The van der Waals surface area contributed by atoms with Gasteiger partial charge in [0.25, 0.3) is 0 Å². The lowest BCUT2D eigenvalue weighted by atomic mass is 9.84. The summed E-state index contributed by atoms with van der Waals surface area (Å²) in [6.07, 6.45) is 5.41. The summed E-state index contributed by atoms with van der Waals surface area (Å²) in [5.74, 6) is 1.01. The molecule has 1 aliphatic heterocycles. The smallest absolute Gasteiger partial charge is 0.227 e. The highest BCUT2D eigenvalue weighted by molar-refractivity contribution is 7.80.